The number of carbonyl (C=O) groups excluding carboxylic acids is 18. The number of aromatic hydroxyl groups is 1. The average Bonchev–Trinajstić information content (AvgIpc) is 1.67. The van der Waals surface area contributed by atoms with Crippen molar-refractivity contribution in [3.8, 4) is 5.75 Å². The number of nitrogens with zero attached hydrogens (tertiary/aromatic N) is 1. The van der Waals surface area contributed by atoms with E-state index in [9.17, 15) is 120 Å². The van der Waals surface area contributed by atoms with Crippen molar-refractivity contribution in [3.63, 3.8) is 0 Å². The quantitative estimate of drug-likeness (QED) is 0.0172. The number of amides is 18. The molecule has 14 atom stereocenters. The number of aromatic nitrogens is 3. The summed E-state index contributed by atoms with van der Waals surface area (Å²) in [5, 5.41) is 88.8. The molecule has 0 spiro atoms. The lowest BCUT2D eigenvalue weighted by atomic mass is 9.96. The molecule has 1 aliphatic heterocycles. The molecule has 8 rings (SSSR count). The molecular weight excluding hydrogens is 1870 g/mol. The summed E-state index contributed by atoms with van der Waals surface area (Å²) in [6, 6.07) is 16.3. The number of hydrogen-bond donors (Lipinski definition) is 25. The van der Waals surface area contributed by atoms with Crippen molar-refractivity contribution in [2.75, 3.05) is 39.3 Å². The van der Waals surface area contributed by atoms with E-state index in [2.05, 4.69) is 105 Å². The van der Waals surface area contributed by atoms with Crippen molar-refractivity contribution in [2.45, 2.75) is 177 Å². The lowest BCUT2D eigenvalue weighted by Crippen LogP contribution is -2.61. The van der Waals surface area contributed by atoms with Crippen LogP contribution in [0.25, 0.3) is 10.9 Å². The van der Waals surface area contributed by atoms with E-state index in [0.29, 0.717) is 39.6 Å². The summed E-state index contributed by atoms with van der Waals surface area (Å²) >= 11 is 0. The number of phenolic OH excluding ortho intramolecular Hbond substituents is 1. The predicted octanol–water partition coefficient (Wildman–Crippen LogP) is -4.69. The van der Waals surface area contributed by atoms with Gasteiger partial charge >= 0.3 is 24.1 Å². The number of aromatic amines is 2. The number of H-pyrrole nitrogens is 2. The van der Waals surface area contributed by atoms with Gasteiger partial charge in [0, 0.05) is 61.8 Å². The third kappa shape index (κ3) is 37.6. The van der Waals surface area contributed by atoms with Crippen LogP contribution in [0.3, 0.4) is 0 Å². The number of fused-ring (bicyclic) bond motifs is 1. The van der Waals surface area contributed by atoms with E-state index in [4.69, 9.17) is 15.6 Å². The van der Waals surface area contributed by atoms with Crippen LogP contribution in [0.5, 0.6) is 5.75 Å². The Morgan fingerprint density at radius 1 is 0.479 bits per heavy atom. The summed E-state index contributed by atoms with van der Waals surface area (Å²) in [6.07, 6.45) is -5.33. The summed E-state index contributed by atoms with van der Waals surface area (Å²) < 4.78 is 31.7. The van der Waals surface area contributed by atoms with Gasteiger partial charge in [-0.15, -0.1) is 0 Å². The van der Waals surface area contributed by atoms with Crippen LogP contribution >= 0.6 is 0 Å². The Hall–Kier alpha value is -16.7. The number of primary amides is 1. The van der Waals surface area contributed by atoms with E-state index in [1.807, 2.05) is 0 Å². The molecule has 47 nitrogen and oxygen atoms in total. The normalized spacial score (nSPS) is 17.7. The lowest BCUT2D eigenvalue weighted by Gasteiger charge is -2.29. The van der Waals surface area contributed by atoms with Crippen LogP contribution in [0.4, 0.5) is 13.2 Å². The van der Waals surface area contributed by atoms with Gasteiger partial charge in [0.15, 0.2) is 0 Å². The van der Waals surface area contributed by atoms with Crippen molar-refractivity contribution >= 4 is 135 Å². The van der Waals surface area contributed by atoms with E-state index in [-0.39, 0.29) is 49.1 Å². The van der Waals surface area contributed by atoms with Gasteiger partial charge in [0.25, 0.3) is 0 Å². The minimum Gasteiger partial charge on any atom is -0.508 e. The Labute approximate surface area is 807 Å². The highest BCUT2D eigenvalue weighted by Gasteiger charge is 2.41. The summed E-state index contributed by atoms with van der Waals surface area (Å²) in [6.45, 7) is 0.829. The number of phenols is 1. The maximum absolute atomic E-state index is 15.1. The zero-order valence-corrected chi connectivity index (χ0v) is 77.1. The molecular formula is C92H112F3N21O26. The first-order chi connectivity index (χ1) is 67.4. The molecule has 50 heteroatoms. The zero-order chi connectivity index (χ0) is 104. The number of aliphatic carboxylic acids is 3. The largest absolute Gasteiger partial charge is 0.508 e. The Morgan fingerprint density at radius 2 is 0.944 bits per heavy atom. The first-order valence-electron chi connectivity index (χ1n) is 44.4. The second kappa shape index (κ2) is 55.6. The zero-order valence-electron chi connectivity index (χ0n) is 77.1. The molecule has 5 aromatic carbocycles. The predicted molar refractivity (Wildman–Crippen MR) is 493 cm³/mol. The number of carboxylic acid groups (broad SMARTS) is 3. The molecule has 0 aliphatic carbocycles. The fourth-order valence-electron chi connectivity index (χ4n) is 14.1. The number of halogens is 3. The number of carboxylic acids is 3. The van der Waals surface area contributed by atoms with Gasteiger partial charge in [-0.25, -0.2) is 14.6 Å². The molecule has 0 saturated carbocycles. The fourth-order valence-corrected chi connectivity index (χ4v) is 14.1. The summed E-state index contributed by atoms with van der Waals surface area (Å²) in [5.74, 6) is -27.2. The second-order valence-electron chi connectivity index (χ2n) is 32.9. The van der Waals surface area contributed by atoms with Gasteiger partial charge < -0.3 is 132 Å². The third-order valence-corrected chi connectivity index (χ3v) is 22.0. The number of nitrogens with two attached hydrogens (primary N) is 1. The molecule has 3 heterocycles. The van der Waals surface area contributed by atoms with Crippen LogP contribution in [0.1, 0.15) is 93.3 Å². The molecule has 762 valence electrons. The fraction of sp³-hybridized carbons (Fsp3) is 0.391. The van der Waals surface area contributed by atoms with Crippen molar-refractivity contribution < 1.29 is 139 Å². The minimum absolute atomic E-state index is 0.0924. The molecule has 2 aromatic heterocycles. The van der Waals surface area contributed by atoms with Crippen LogP contribution in [0, 0.1) is 11.8 Å². The van der Waals surface area contributed by atoms with Crippen LogP contribution in [-0.2, 0) is 139 Å². The van der Waals surface area contributed by atoms with Gasteiger partial charge in [-0.2, -0.15) is 13.2 Å². The molecule has 1 fully saturated rings. The number of carbonyl (C=O) groups is 21. The Bertz CT molecular complexity index is 5610. The number of rotatable bonds is 40. The van der Waals surface area contributed by atoms with Gasteiger partial charge in [0.2, 0.25) is 106 Å². The van der Waals surface area contributed by atoms with Crippen LogP contribution < -0.4 is 96.1 Å². The molecule has 0 unspecified atom stereocenters. The van der Waals surface area contributed by atoms with Crippen molar-refractivity contribution in [2.24, 2.45) is 17.6 Å². The number of imidazole rings is 1. The number of nitrogens with one attached hydrogen (secondary N) is 19. The number of hydrogen-bond acceptors (Lipinski definition) is 24. The summed E-state index contributed by atoms with van der Waals surface area (Å²) in [7, 11) is 0. The first-order valence-corrected chi connectivity index (χ1v) is 44.4. The molecule has 18 amide bonds. The van der Waals surface area contributed by atoms with Crippen LogP contribution in [-0.4, -0.2) is 283 Å². The second-order valence-corrected chi connectivity index (χ2v) is 32.9. The minimum atomic E-state index is -5.08. The van der Waals surface area contributed by atoms with E-state index in [1.54, 1.807) is 142 Å². The van der Waals surface area contributed by atoms with Crippen molar-refractivity contribution in [1.29, 1.82) is 0 Å². The highest BCUT2D eigenvalue weighted by molar-refractivity contribution is 6.03. The Morgan fingerprint density at radius 3 is 1.47 bits per heavy atom. The van der Waals surface area contributed by atoms with Gasteiger partial charge in [-0.1, -0.05) is 162 Å². The monoisotopic (exact) mass is 1980 g/mol. The highest BCUT2D eigenvalue weighted by Crippen LogP contribution is 2.22. The number of aliphatic hydroxyl groups excluding tert-OH is 1. The van der Waals surface area contributed by atoms with Gasteiger partial charge in [0.1, 0.15) is 78.3 Å². The molecule has 1 aliphatic rings. The van der Waals surface area contributed by atoms with Gasteiger partial charge in [-0.3, -0.25) is 91.1 Å². The number of benzene rings is 5. The molecule has 142 heavy (non-hydrogen) atoms. The molecule has 7 aromatic rings. The maximum atomic E-state index is 15.1. The number of alkyl halides is 3. The van der Waals surface area contributed by atoms with E-state index in [1.165, 1.54) is 43.7 Å². The lowest BCUT2D eigenvalue weighted by molar-refractivity contribution is -0.192. The molecule has 0 radical (unpaired) electrons. The SMILES string of the molecule is CC[C@H](C)[C@@H]1NC(=O)[C@H](Cc2ccccc2)NC(=O)CNC(=O)C[C@@H](C(=O)N[C@H](C(=O)N[C@@H](Cc2ccccc2)C(=O)NCC(=O)N[C@@H](Cc2c[nH]cn2)C(=O)N[C@@H](Cc2ccc(O)cc2)C(=O)N[C@@H](CO)C(=O)NCC(=O)N[C@@H](CC(=O)O)C(=O)N[C@@H](Cc2ccccc2)C(=O)O)[C@@H](C)CC)NC(=O)[C@H](CC(N)=O)NC(=O)CNC(=O)[C@H](Cc2c[nH]c3ccccc23)NC(=O)CNC1=O.O=C(O)C(F)(F)F. The number of para-hydroxylation sites is 1. The van der Waals surface area contributed by atoms with E-state index in [0.717, 1.165) is 0 Å². The van der Waals surface area contributed by atoms with Crippen LogP contribution in [0.2, 0.25) is 0 Å². The third-order valence-electron chi connectivity index (χ3n) is 22.0. The number of aliphatic hydroxyl groups is 1. The van der Waals surface area contributed by atoms with Gasteiger partial charge in [0.05, 0.1) is 70.6 Å². The Balaban J connectivity index is 0.00000376. The van der Waals surface area contributed by atoms with Gasteiger partial charge in [-0.05, 0) is 57.9 Å². The van der Waals surface area contributed by atoms with E-state index < -0.39 is 286 Å². The summed E-state index contributed by atoms with van der Waals surface area (Å²) in [5.41, 5.74) is 8.71. The van der Waals surface area contributed by atoms with Crippen molar-refractivity contribution in [1.82, 2.24) is 105 Å². The summed E-state index contributed by atoms with van der Waals surface area (Å²) in [4.78, 5) is 297. The van der Waals surface area contributed by atoms with Crippen molar-refractivity contribution in [3.05, 3.63) is 192 Å². The first kappa shape index (κ1) is 112. The Kier molecular flexibility index (Phi) is 44.0. The smallest absolute Gasteiger partial charge is 0.490 e. The standard InChI is InChI=1S/C90H111N21O24.C2HF3O2/c1-5-48(3)77-88(132)98-45-75(120)101-62(34-54-39-93-58-25-17-16-24-57(54)58)80(124)96-43-73(118)103-64(36-69(91)114)84(128)106-65(37-70(115)94-41-71(116)100-60(86(130)110-77)31-51-20-12-8-13-21-51)87(131)111-78(49(4)6-2)89(133)107-59(30-50-18-10-7-11-19-50)79(123)95-42-72(117)102-63(35-55-40-92-47-99-55)83(127)105-61(32-53-26-28-56(113)29-27-53)82(126)109-68(46-112)81(125)97-44-74(119)104-66(38-76(121)122)85(129)108-67(90(134)135)33-52-22-14-9-15-23-52;3-2(4,5)1(6)7/h7-29,39-40,47-49,59-68,77-78,93,112-113H,5-6,30-38,41-46H2,1-4H3,(H2,91,114)(H,92,99)(H,94,115)(H,95,123)(H,96,124)(H,97,125)(H,98,132)(H,100,116)(H,101,120)(H,102,117)(H,103,118)(H,104,119)(H,105,127)(H,106,128)(H,107,133)(H,108,129)(H,109,126)(H,110,130)(H,111,131)(H,121,122)(H,134,135);(H,6,7)/t48-,49-,59-,60-,61-,62-,63-,64-,65-,66-,67-,68-,77-,78-;/m0./s1. The molecule has 0 bridgehead atoms. The maximum Gasteiger partial charge on any atom is 0.490 e. The average molecular weight is 1990 g/mol. The molecule has 1 saturated heterocycles. The topological polar surface area (TPSA) is 735 Å². The highest BCUT2D eigenvalue weighted by atomic mass is 19.4. The molecule has 26 N–H and O–H groups in total. The van der Waals surface area contributed by atoms with E-state index >= 15 is 9.59 Å². The van der Waals surface area contributed by atoms with Crippen LogP contribution in [0.15, 0.2) is 158 Å².